The molecule has 0 spiro atoms. The molecule has 0 aromatic heterocycles. The first kappa shape index (κ1) is 23.5. The minimum Gasteiger partial charge on any atom is -0.444 e. The van der Waals surface area contributed by atoms with Crippen molar-refractivity contribution < 1.29 is 32.1 Å². The normalized spacial score (nSPS) is 11.9. The molecule has 3 aromatic carbocycles. The second kappa shape index (κ2) is 9.57. The number of esters is 1. The maximum absolute atomic E-state index is 13.1. The van der Waals surface area contributed by atoms with Gasteiger partial charge in [-0.05, 0) is 36.4 Å². The van der Waals surface area contributed by atoms with Crippen molar-refractivity contribution in [3.63, 3.8) is 0 Å². The Morgan fingerprint density at radius 2 is 1.67 bits per heavy atom. The van der Waals surface area contributed by atoms with Gasteiger partial charge in [0.05, 0.1) is 10.5 Å². The second-order valence-corrected chi connectivity index (χ2v) is 8.89. The van der Waals surface area contributed by atoms with Gasteiger partial charge in [0.2, 0.25) is 6.10 Å². The van der Waals surface area contributed by atoms with E-state index in [1.807, 2.05) is 0 Å². The number of benzene rings is 3. The molecule has 1 amide bonds. The van der Waals surface area contributed by atoms with E-state index in [9.17, 15) is 32.5 Å². The van der Waals surface area contributed by atoms with Crippen molar-refractivity contribution in [2.75, 3.05) is 11.6 Å². The molecule has 33 heavy (non-hydrogen) atoms. The van der Waals surface area contributed by atoms with Crippen molar-refractivity contribution >= 4 is 33.1 Å². The largest absolute Gasteiger partial charge is 0.444 e. The van der Waals surface area contributed by atoms with Gasteiger partial charge in [-0.1, -0.05) is 30.3 Å². The molecule has 3 aromatic rings. The molecule has 0 bridgehead atoms. The Labute approximate surface area is 187 Å². The Hall–Kier alpha value is -4.12. The van der Waals surface area contributed by atoms with Crippen LogP contribution < -0.4 is 5.32 Å². The first-order valence-corrected chi connectivity index (χ1v) is 11.3. The third-order valence-electron chi connectivity index (χ3n) is 4.47. The summed E-state index contributed by atoms with van der Waals surface area (Å²) in [5, 5.41) is 13.8. The fraction of sp³-hybridized carbons (Fsp3) is 0.0909. The summed E-state index contributed by atoms with van der Waals surface area (Å²) in [6, 6.07) is 15.7. The smallest absolute Gasteiger partial charge is 0.339 e. The lowest BCUT2D eigenvalue weighted by molar-refractivity contribution is -0.387. The maximum atomic E-state index is 13.1. The molecular weight excluding hydrogens is 455 g/mol. The van der Waals surface area contributed by atoms with E-state index in [1.54, 1.807) is 18.2 Å². The van der Waals surface area contributed by atoms with E-state index in [-0.39, 0.29) is 11.3 Å². The van der Waals surface area contributed by atoms with E-state index in [0.717, 1.165) is 36.6 Å². The molecule has 0 aliphatic heterocycles. The molecule has 9 nitrogen and oxygen atoms in total. The number of nitrogens with one attached hydrogen (secondary N) is 1. The Kier molecular flexibility index (Phi) is 6.83. The van der Waals surface area contributed by atoms with Crippen molar-refractivity contribution in [1.29, 1.82) is 0 Å². The fourth-order valence-corrected chi connectivity index (χ4v) is 3.75. The molecule has 11 heteroatoms. The number of carbonyl (C=O) groups is 2. The molecule has 0 unspecified atom stereocenters. The van der Waals surface area contributed by atoms with Gasteiger partial charge in [-0.25, -0.2) is 17.6 Å². The molecule has 0 fully saturated rings. The standard InChI is InChI=1S/C22H17FN2O7S/c1-33(30,31)19-12-7-15(13-18(19)25(28)29)22(27)32-20(14-5-3-2-4-6-14)21(26)24-17-10-8-16(23)9-11-17/h2-13,20H,1H3,(H,24,26)/t20-/m1/s1. The van der Waals surface area contributed by atoms with Crippen LogP contribution in [0.4, 0.5) is 15.8 Å². The van der Waals surface area contributed by atoms with E-state index in [0.29, 0.717) is 5.56 Å². The fourth-order valence-electron chi connectivity index (χ4n) is 2.92. The Morgan fingerprint density at radius 3 is 2.24 bits per heavy atom. The predicted molar refractivity (Wildman–Crippen MR) is 116 cm³/mol. The molecular formula is C22H17FN2O7S. The third kappa shape index (κ3) is 5.77. The first-order chi connectivity index (χ1) is 15.6. The summed E-state index contributed by atoms with van der Waals surface area (Å²) in [5.74, 6) is -2.33. The molecule has 0 heterocycles. The Morgan fingerprint density at radius 1 is 1.03 bits per heavy atom. The number of rotatable bonds is 7. The van der Waals surface area contributed by atoms with E-state index < -0.39 is 49.1 Å². The van der Waals surface area contributed by atoms with Gasteiger partial charge in [0.25, 0.3) is 11.6 Å². The average Bonchev–Trinajstić information content (AvgIpc) is 2.78. The van der Waals surface area contributed by atoms with Gasteiger partial charge in [-0.3, -0.25) is 14.9 Å². The number of hydrogen-bond acceptors (Lipinski definition) is 7. The van der Waals surface area contributed by atoms with Crippen molar-refractivity contribution in [2.24, 2.45) is 0 Å². The second-order valence-electron chi connectivity index (χ2n) is 6.90. The summed E-state index contributed by atoms with van der Waals surface area (Å²) in [6.07, 6.45) is -0.643. The van der Waals surface area contributed by atoms with Crippen LogP contribution in [0, 0.1) is 15.9 Å². The molecule has 0 radical (unpaired) electrons. The highest BCUT2D eigenvalue weighted by Gasteiger charge is 2.28. The monoisotopic (exact) mass is 472 g/mol. The lowest BCUT2D eigenvalue weighted by Gasteiger charge is -2.18. The number of carbonyl (C=O) groups excluding carboxylic acids is 2. The highest BCUT2D eigenvalue weighted by atomic mass is 32.2. The number of nitrogens with zero attached hydrogens (tertiary/aromatic N) is 1. The van der Waals surface area contributed by atoms with Crippen LogP contribution in [-0.4, -0.2) is 31.5 Å². The van der Waals surface area contributed by atoms with Gasteiger partial charge in [0.1, 0.15) is 10.7 Å². The number of halogens is 1. The van der Waals surface area contributed by atoms with E-state index >= 15 is 0 Å². The minimum atomic E-state index is -3.92. The number of nitro groups is 1. The number of amides is 1. The van der Waals surface area contributed by atoms with Crippen LogP contribution in [-0.2, 0) is 19.4 Å². The van der Waals surface area contributed by atoms with Gasteiger partial charge in [0, 0.05) is 23.6 Å². The summed E-state index contributed by atoms with van der Waals surface area (Å²) in [7, 11) is -3.92. The average molecular weight is 472 g/mol. The SMILES string of the molecule is CS(=O)(=O)c1ccc(C(=O)O[C@@H](C(=O)Nc2ccc(F)cc2)c2ccccc2)cc1[N+](=O)[O-]. The van der Waals surface area contributed by atoms with Crippen LogP contribution in [0.2, 0.25) is 0 Å². The summed E-state index contributed by atoms with van der Waals surface area (Å²) in [4.78, 5) is 35.4. The molecule has 0 aliphatic carbocycles. The number of nitro benzene ring substituents is 1. The zero-order valence-corrected chi connectivity index (χ0v) is 17.9. The number of hydrogen-bond donors (Lipinski definition) is 1. The van der Waals surface area contributed by atoms with Crippen LogP contribution in [0.5, 0.6) is 0 Å². The van der Waals surface area contributed by atoms with E-state index in [1.165, 1.54) is 24.3 Å². The van der Waals surface area contributed by atoms with Crippen LogP contribution in [0.3, 0.4) is 0 Å². The van der Waals surface area contributed by atoms with Crippen molar-refractivity contribution in [1.82, 2.24) is 0 Å². The van der Waals surface area contributed by atoms with E-state index in [4.69, 9.17) is 4.74 Å². The lowest BCUT2D eigenvalue weighted by Crippen LogP contribution is -2.26. The quantitative estimate of drug-likeness (QED) is 0.315. The summed E-state index contributed by atoms with van der Waals surface area (Å²) in [5.41, 5.74) is -0.539. The van der Waals surface area contributed by atoms with Crippen LogP contribution >= 0.6 is 0 Å². The van der Waals surface area contributed by atoms with Crippen molar-refractivity contribution in [3.8, 4) is 0 Å². The predicted octanol–water partition coefficient (Wildman–Crippen LogP) is 3.67. The third-order valence-corrected chi connectivity index (χ3v) is 5.61. The van der Waals surface area contributed by atoms with Crippen LogP contribution in [0.25, 0.3) is 0 Å². The maximum Gasteiger partial charge on any atom is 0.339 e. The summed E-state index contributed by atoms with van der Waals surface area (Å²) in [6.45, 7) is 0. The first-order valence-electron chi connectivity index (χ1n) is 9.37. The molecule has 3 rings (SSSR count). The van der Waals surface area contributed by atoms with Crippen LogP contribution in [0.1, 0.15) is 22.0 Å². The molecule has 0 saturated heterocycles. The number of ether oxygens (including phenoxy) is 1. The topological polar surface area (TPSA) is 133 Å². The molecule has 170 valence electrons. The highest BCUT2D eigenvalue weighted by molar-refractivity contribution is 7.90. The molecule has 0 aliphatic rings. The van der Waals surface area contributed by atoms with Gasteiger partial charge in [-0.15, -0.1) is 0 Å². The van der Waals surface area contributed by atoms with Gasteiger partial charge in [0.15, 0.2) is 9.84 Å². The number of anilines is 1. The van der Waals surface area contributed by atoms with Gasteiger partial charge < -0.3 is 10.1 Å². The number of sulfone groups is 1. The zero-order valence-electron chi connectivity index (χ0n) is 17.1. The zero-order chi connectivity index (χ0) is 24.2. The van der Waals surface area contributed by atoms with Crippen molar-refractivity contribution in [2.45, 2.75) is 11.0 Å². The summed E-state index contributed by atoms with van der Waals surface area (Å²) < 4.78 is 42.1. The Balaban J connectivity index is 1.92. The molecule has 1 N–H and O–H groups in total. The summed E-state index contributed by atoms with van der Waals surface area (Å²) >= 11 is 0. The van der Waals surface area contributed by atoms with Crippen molar-refractivity contribution in [3.05, 3.63) is 99.9 Å². The molecule has 0 saturated carbocycles. The minimum absolute atomic E-state index is 0.256. The van der Waals surface area contributed by atoms with E-state index in [2.05, 4.69) is 5.32 Å². The molecule has 1 atom stereocenters. The lowest BCUT2D eigenvalue weighted by atomic mass is 10.1. The Bertz CT molecular complexity index is 1310. The highest BCUT2D eigenvalue weighted by Crippen LogP contribution is 2.27. The van der Waals surface area contributed by atoms with Crippen LogP contribution in [0.15, 0.2) is 77.7 Å². The van der Waals surface area contributed by atoms with Gasteiger partial charge >= 0.3 is 5.97 Å². The van der Waals surface area contributed by atoms with Gasteiger partial charge in [-0.2, -0.15) is 0 Å².